The van der Waals surface area contributed by atoms with Crippen molar-refractivity contribution in [2.75, 3.05) is 14.2 Å². The van der Waals surface area contributed by atoms with Gasteiger partial charge in [-0.05, 0) is 36.4 Å². The predicted molar refractivity (Wildman–Crippen MR) is 135 cm³/mol. The average molecular weight is 490 g/mol. The van der Waals surface area contributed by atoms with Gasteiger partial charge in [0.05, 0.1) is 25.5 Å². The quantitative estimate of drug-likeness (QED) is 0.233. The van der Waals surface area contributed by atoms with Crippen LogP contribution in [0.1, 0.15) is 5.69 Å². The maximum Gasteiger partial charge on any atom is 0.170 e. The molecule has 0 aliphatic rings. The van der Waals surface area contributed by atoms with E-state index in [0.29, 0.717) is 17.3 Å². The molecule has 0 saturated heterocycles. The van der Waals surface area contributed by atoms with Crippen molar-refractivity contribution >= 4 is 33.9 Å². The van der Waals surface area contributed by atoms with Crippen LogP contribution in [0.2, 0.25) is 0 Å². The molecule has 3 aromatic carbocycles. The van der Waals surface area contributed by atoms with Crippen molar-refractivity contribution in [3.05, 3.63) is 83.6 Å². The number of hydrogen-bond donors (Lipinski definition) is 0. The second-order valence-corrected chi connectivity index (χ2v) is 9.20. The van der Waals surface area contributed by atoms with Gasteiger partial charge in [0.2, 0.25) is 0 Å². The summed E-state index contributed by atoms with van der Waals surface area (Å²) in [4.78, 5) is 4.81. The molecule has 0 saturated carbocycles. The van der Waals surface area contributed by atoms with Crippen molar-refractivity contribution < 1.29 is 13.9 Å². The summed E-state index contributed by atoms with van der Waals surface area (Å²) >= 11 is 3.15. The van der Waals surface area contributed by atoms with Crippen molar-refractivity contribution in [1.82, 2.24) is 15.2 Å². The Labute approximate surface area is 204 Å². The lowest BCUT2D eigenvalue weighted by Crippen LogP contribution is -1.94. The minimum Gasteiger partial charge on any atom is -0.493 e. The number of thioether (sulfide) groups is 1. The van der Waals surface area contributed by atoms with E-state index < -0.39 is 0 Å². The highest BCUT2D eigenvalue weighted by molar-refractivity contribution is 7.98. The Morgan fingerprint density at radius 3 is 2.44 bits per heavy atom. The van der Waals surface area contributed by atoms with Crippen molar-refractivity contribution in [2.24, 2.45) is 0 Å². The van der Waals surface area contributed by atoms with Crippen LogP contribution in [0.3, 0.4) is 0 Å². The summed E-state index contributed by atoms with van der Waals surface area (Å²) in [5.74, 6) is 1.72. The van der Waals surface area contributed by atoms with Gasteiger partial charge in [-0.1, -0.05) is 42.1 Å². The summed E-state index contributed by atoms with van der Waals surface area (Å²) in [7, 11) is 3.25. The van der Waals surface area contributed by atoms with Gasteiger partial charge in [0, 0.05) is 27.5 Å². The monoisotopic (exact) mass is 489 g/mol. The molecule has 0 N–H and O–H groups in total. The topological polar surface area (TPSA) is 57.1 Å². The van der Waals surface area contributed by atoms with Gasteiger partial charge >= 0.3 is 0 Å². The third-order valence-corrected chi connectivity index (χ3v) is 7.25. The van der Waals surface area contributed by atoms with Crippen LogP contribution < -0.4 is 9.47 Å². The predicted octanol–water partition coefficient (Wildman–Crippen LogP) is 6.87. The van der Waals surface area contributed by atoms with Crippen LogP contribution in [0.4, 0.5) is 4.39 Å². The molecule has 0 aliphatic heterocycles. The Morgan fingerprint density at radius 2 is 1.68 bits per heavy atom. The fourth-order valence-corrected chi connectivity index (χ4v) is 5.51. The zero-order chi connectivity index (χ0) is 23.5. The first-order valence-electron chi connectivity index (χ1n) is 10.5. The SMILES string of the molecule is COc1cccc(-c2nc(CSc3nnc(-c4ccc(F)cc4)c4ccccc34)cs2)c1OC. The van der Waals surface area contributed by atoms with E-state index in [2.05, 4.69) is 10.2 Å². The van der Waals surface area contributed by atoms with Crippen LogP contribution in [-0.2, 0) is 5.75 Å². The molecule has 0 radical (unpaired) electrons. The normalized spacial score (nSPS) is 11.0. The number of methoxy groups -OCH3 is 2. The van der Waals surface area contributed by atoms with Crippen LogP contribution >= 0.6 is 23.1 Å². The number of hydrogen-bond acceptors (Lipinski definition) is 7. The molecule has 5 aromatic rings. The zero-order valence-electron chi connectivity index (χ0n) is 18.5. The van der Waals surface area contributed by atoms with E-state index in [4.69, 9.17) is 14.5 Å². The summed E-state index contributed by atoms with van der Waals surface area (Å²) in [6, 6.07) is 20.1. The van der Waals surface area contributed by atoms with Gasteiger partial charge in [-0.25, -0.2) is 9.37 Å². The van der Waals surface area contributed by atoms with Gasteiger partial charge in [0.1, 0.15) is 21.5 Å². The van der Waals surface area contributed by atoms with Crippen LogP contribution in [0.25, 0.3) is 32.6 Å². The molecule has 5 rings (SSSR count). The number of halogens is 1. The van der Waals surface area contributed by atoms with Gasteiger partial charge in [0.25, 0.3) is 0 Å². The van der Waals surface area contributed by atoms with Crippen LogP contribution in [0.5, 0.6) is 11.5 Å². The van der Waals surface area contributed by atoms with Crippen molar-refractivity contribution in [3.8, 4) is 33.3 Å². The highest BCUT2D eigenvalue weighted by atomic mass is 32.2. The number of fused-ring (bicyclic) bond motifs is 1. The summed E-state index contributed by atoms with van der Waals surface area (Å²) in [5, 5.41) is 14.7. The largest absolute Gasteiger partial charge is 0.493 e. The molecular formula is C26H20FN3O2S2. The fourth-order valence-electron chi connectivity index (χ4n) is 3.70. The molecule has 0 amide bonds. The number of rotatable bonds is 7. The molecule has 2 aromatic heterocycles. The Kier molecular flexibility index (Phi) is 6.42. The van der Waals surface area contributed by atoms with Crippen LogP contribution in [0.15, 0.2) is 77.1 Å². The maximum absolute atomic E-state index is 13.4. The molecule has 8 heteroatoms. The third-order valence-electron chi connectivity index (χ3n) is 5.31. The number of nitrogens with zero attached hydrogens (tertiary/aromatic N) is 3. The Balaban J connectivity index is 1.41. The lowest BCUT2D eigenvalue weighted by atomic mass is 10.1. The lowest BCUT2D eigenvalue weighted by molar-refractivity contribution is 0.356. The number of thiazole rings is 1. The van der Waals surface area contributed by atoms with E-state index in [-0.39, 0.29) is 5.82 Å². The van der Waals surface area contributed by atoms with Crippen molar-refractivity contribution in [2.45, 2.75) is 10.8 Å². The molecular weight excluding hydrogens is 469 g/mol. The third kappa shape index (κ3) is 4.34. The minimum atomic E-state index is -0.276. The average Bonchev–Trinajstić information content (AvgIpc) is 3.36. The van der Waals surface area contributed by atoms with Crippen LogP contribution in [-0.4, -0.2) is 29.4 Å². The molecule has 0 atom stereocenters. The molecule has 5 nitrogen and oxygen atoms in total. The number of aromatic nitrogens is 3. The highest BCUT2D eigenvalue weighted by Gasteiger charge is 2.16. The first-order chi connectivity index (χ1) is 16.7. The first kappa shape index (κ1) is 22.3. The first-order valence-corrected chi connectivity index (χ1v) is 12.3. The van der Waals surface area contributed by atoms with Gasteiger partial charge < -0.3 is 9.47 Å². The fraction of sp³-hybridized carbons (Fsp3) is 0.115. The summed E-state index contributed by atoms with van der Waals surface area (Å²) in [6.07, 6.45) is 0. The van der Waals surface area contributed by atoms with Gasteiger partial charge in [-0.15, -0.1) is 21.5 Å². The van der Waals surface area contributed by atoms with E-state index in [0.717, 1.165) is 43.3 Å². The number of para-hydroxylation sites is 1. The molecule has 34 heavy (non-hydrogen) atoms. The second-order valence-electron chi connectivity index (χ2n) is 7.38. The Bertz CT molecular complexity index is 1450. The van der Waals surface area contributed by atoms with E-state index in [9.17, 15) is 4.39 Å². The highest BCUT2D eigenvalue weighted by Crippen LogP contribution is 2.40. The molecule has 0 aliphatic carbocycles. The standard InChI is InChI=1S/C26H20FN3O2S2/c1-31-22-9-5-8-21(24(22)32-2)25-28-18(14-33-25)15-34-26-20-7-4-3-6-19(20)23(29-30-26)16-10-12-17(27)13-11-16/h3-14H,15H2,1-2H3. The Morgan fingerprint density at radius 1 is 0.882 bits per heavy atom. The lowest BCUT2D eigenvalue weighted by Gasteiger charge is -2.10. The molecule has 0 bridgehead atoms. The smallest absolute Gasteiger partial charge is 0.170 e. The molecule has 0 fully saturated rings. The second kappa shape index (κ2) is 9.79. The van der Waals surface area contributed by atoms with E-state index in [1.165, 1.54) is 12.1 Å². The summed E-state index contributed by atoms with van der Waals surface area (Å²) < 4.78 is 24.3. The summed E-state index contributed by atoms with van der Waals surface area (Å²) in [5.41, 5.74) is 3.42. The van der Waals surface area contributed by atoms with Crippen molar-refractivity contribution in [1.29, 1.82) is 0 Å². The zero-order valence-corrected chi connectivity index (χ0v) is 20.1. The van der Waals surface area contributed by atoms with E-state index in [1.54, 1.807) is 49.5 Å². The molecule has 170 valence electrons. The van der Waals surface area contributed by atoms with Crippen molar-refractivity contribution in [3.63, 3.8) is 0 Å². The Hall–Kier alpha value is -3.49. The summed E-state index contributed by atoms with van der Waals surface area (Å²) in [6.45, 7) is 0. The van der Waals surface area contributed by atoms with Crippen LogP contribution in [0, 0.1) is 5.82 Å². The molecule has 2 heterocycles. The number of benzene rings is 3. The minimum absolute atomic E-state index is 0.276. The number of ether oxygens (including phenoxy) is 2. The van der Waals surface area contributed by atoms with Gasteiger partial charge in [-0.2, -0.15) is 0 Å². The van der Waals surface area contributed by atoms with Gasteiger partial charge in [0.15, 0.2) is 11.5 Å². The van der Waals surface area contributed by atoms with E-state index >= 15 is 0 Å². The van der Waals surface area contributed by atoms with Gasteiger partial charge in [-0.3, -0.25) is 0 Å². The maximum atomic E-state index is 13.4. The van der Waals surface area contributed by atoms with E-state index in [1.807, 2.05) is 47.8 Å². The molecule has 0 unspecified atom stereocenters. The molecule has 0 spiro atoms.